The second-order valence-corrected chi connectivity index (χ2v) is 8.42. The van der Waals surface area contributed by atoms with Gasteiger partial charge in [0.25, 0.3) is 20.2 Å². The SMILES string of the molecule is N#Cc1nc(/N=N/c2c(O)c(S(=O)(=O)O)cc3ccc(S(=O)(=O)O)cc23)[nH]c1C#N. The van der Waals surface area contributed by atoms with E-state index >= 15 is 0 Å². The lowest BCUT2D eigenvalue weighted by atomic mass is 10.1. The van der Waals surface area contributed by atoms with Crippen LogP contribution in [0.1, 0.15) is 11.4 Å². The number of hydrogen-bond acceptors (Lipinski definition) is 10. The van der Waals surface area contributed by atoms with E-state index < -0.39 is 41.5 Å². The molecule has 0 bridgehead atoms. The number of phenols is 1. The molecule has 0 saturated carbocycles. The first-order chi connectivity index (χ1) is 14.0. The third-order valence-electron chi connectivity index (χ3n) is 3.75. The van der Waals surface area contributed by atoms with Crippen LogP contribution in [0.4, 0.5) is 11.6 Å². The van der Waals surface area contributed by atoms with E-state index in [2.05, 4.69) is 20.2 Å². The van der Waals surface area contributed by atoms with Gasteiger partial charge in [-0.2, -0.15) is 32.3 Å². The van der Waals surface area contributed by atoms with Gasteiger partial charge >= 0.3 is 0 Å². The molecule has 30 heavy (non-hydrogen) atoms. The molecule has 0 aliphatic rings. The Morgan fingerprint density at radius 2 is 1.70 bits per heavy atom. The smallest absolute Gasteiger partial charge is 0.298 e. The van der Waals surface area contributed by atoms with E-state index in [9.17, 15) is 31.0 Å². The molecule has 0 fully saturated rings. The molecular weight excluding hydrogens is 440 g/mol. The van der Waals surface area contributed by atoms with Crippen molar-refractivity contribution in [3.63, 3.8) is 0 Å². The van der Waals surface area contributed by atoms with E-state index in [-0.39, 0.29) is 28.1 Å². The van der Waals surface area contributed by atoms with Crippen LogP contribution in [0, 0.1) is 22.7 Å². The van der Waals surface area contributed by atoms with Gasteiger partial charge in [0.15, 0.2) is 17.1 Å². The number of rotatable bonds is 4. The lowest BCUT2D eigenvalue weighted by Gasteiger charge is -2.09. The molecule has 15 heteroatoms. The van der Waals surface area contributed by atoms with E-state index in [1.165, 1.54) is 0 Å². The van der Waals surface area contributed by atoms with E-state index in [4.69, 9.17) is 10.5 Å². The number of nitrogens with zero attached hydrogens (tertiary/aromatic N) is 5. The molecule has 0 amide bonds. The Bertz CT molecular complexity index is 1490. The summed E-state index contributed by atoms with van der Waals surface area (Å²) in [4.78, 5) is 4.51. The topological polar surface area (TPSA) is 230 Å². The lowest BCUT2D eigenvalue weighted by Crippen LogP contribution is -2.00. The summed E-state index contributed by atoms with van der Waals surface area (Å²) in [7, 11) is -9.56. The normalized spacial score (nSPS) is 12.1. The summed E-state index contributed by atoms with van der Waals surface area (Å²) in [5.41, 5.74) is -1.10. The molecular formula is C15H8N6O7S2. The van der Waals surface area contributed by atoms with Crippen molar-refractivity contribution in [2.75, 3.05) is 0 Å². The minimum absolute atomic E-state index is 0.0247. The summed E-state index contributed by atoms with van der Waals surface area (Å²) in [5.74, 6) is -1.41. The summed E-state index contributed by atoms with van der Waals surface area (Å²) in [6.45, 7) is 0. The van der Waals surface area contributed by atoms with Crippen molar-refractivity contribution in [1.29, 1.82) is 10.5 Å². The Labute approximate surface area is 168 Å². The number of aromatic amines is 1. The number of nitriles is 2. The fourth-order valence-electron chi connectivity index (χ4n) is 2.45. The van der Waals surface area contributed by atoms with Crippen molar-refractivity contribution in [1.82, 2.24) is 9.97 Å². The predicted octanol–water partition coefficient (Wildman–Crippen LogP) is 1.92. The zero-order valence-electron chi connectivity index (χ0n) is 14.3. The van der Waals surface area contributed by atoms with Crippen molar-refractivity contribution >= 4 is 42.6 Å². The maximum Gasteiger partial charge on any atom is 0.298 e. The van der Waals surface area contributed by atoms with Crippen molar-refractivity contribution in [2.24, 2.45) is 10.2 Å². The van der Waals surface area contributed by atoms with Gasteiger partial charge in [0.05, 0.1) is 4.90 Å². The van der Waals surface area contributed by atoms with Gasteiger partial charge in [-0.1, -0.05) is 6.07 Å². The number of nitrogens with one attached hydrogen (secondary N) is 1. The highest BCUT2D eigenvalue weighted by atomic mass is 32.2. The maximum atomic E-state index is 11.6. The molecule has 0 aliphatic carbocycles. The molecule has 0 saturated heterocycles. The molecule has 2 aromatic carbocycles. The third kappa shape index (κ3) is 3.81. The highest BCUT2D eigenvalue weighted by Gasteiger charge is 2.23. The van der Waals surface area contributed by atoms with E-state index in [0.29, 0.717) is 0 Å². The van der Waals surface area contributed by atoms with Crippen LogP contribution in [0.25, 0.3) is 10.8 Å². The van der Waals surface area contributed by atoms with Crippen molar-refractivity contribution in [2.45, 2.75) is 9.79 Å². The first kappa shape index (κ1) is 20.8. The summed E-state index contributed by atoms with van der Waals surface area (Å²) >= 11 is 0. The Morgan fingerprint density at radius 3 is 2.23 bits per heavy atom. The van der Waals surface area contributed by atoms with Crippen molar-refractivity contribution < 1.29 is 31.0 Å². The number of azo groups is 1. The summed E-state index contributed by atoms with van der Waals surface area (Å²) in [6, 6.07) is 7.14. The second kappa shape index (κ2) is 7.17. The number of aromatic nitrogens is 2. The van der Waals surface area contributed by atoms with Crippen LogP contribution in [0.2, 0.25) is 0 Å². The van der Waals surface area contributed by atoms with Gasteiger partial charge in [-0.05, 0) is 23.6 Å². The van der Waals surface area contributed by atoms with Crippen LogP contribution in [-0.4, -0.2) is 41.0 Å². The number of hydrogen-bond donors (Lipinski definition) is 4. The molecule has 0 radical (unpaired) electrons. The minimum atomic E-state index is -4.91. The summed E-state index contributed by atoms with van der Waals surface area (Å²) < 4.78 is 64.5. The van der Waals surface area contributed by atoms with Crippen LogP contribution < -0.4 is 0 Å². The zero-order valence-corrected chi connectivity index (χ0v) is 16.0. The van der Waals surface area contributed by atoms with Crippen LogP contribution in [0.5, 0.6) is 5.75 Å². The van der Waals surface area contributed by atoms with E-state index in [1.807, 2.05) is 0 Å². The first-order valence-electron chi connectivity index (χ1n) is 7.52. The molecule has 4 N–H and O–H groups in total. The Balaban J connectivity index is 2.32. The van der Waals surface area contributed by atoms with Crippen molar-refractivity contribution in [3.8, 4) is 17.9 Å². The van der Waals surface area contributed by atoms with Crippen LogP contribution in [0.15, 0.2) is 44.3 Å². The molecule has 1 heterocycles. The van der Waals surface area contributed by atoms with Gasteiger partial charge in [-0.25, -0.2) is 0 Å². The molecule has 1 aromatic heterocycles. The Morgan fingerprint density at radius 1 is 1.00 bits per heavy atom. The largest absolute Gasteiger partial charge is 0.504 e. The third-order valence-corrected chi connectivity index (χ3v) is 5.47. The van der Waals surface area contributed by atoms with E-state index in [1.54, 1.807) is 12.1 Å². The number of benzene rings is 2. The van der Waals surface area contributed by atoms with Gasteiger partial charge < -0.3 is 10.1 Å². The number of phenolic OH excluding ortho intramolecular Hbond substituents is 1. The molecule has 3 aromatic rings. The average Bonchev–Trinajstić information content (AvgIpc) is 3.07. The quantitative estimate of drug-likeness (QED) is 0.334. The predicted molar refractivity (Wildman–Crippen MR) is 97.4 cm³/mol. The number of aromatic hydroxyl groups is 1. The second-order valence-electron chi connectivity index (χ2n) is 5.61. The van der Waals surface area contributed by atoms with Crippen molar-refractivity contribution in [3.05, 3.63) is 35.7 Å². The molecule has 152 valence electrons. The van der Waals surface area contributed by atoms with Gasteiger partial charge in [0, 0.05) is 5.39 Å². The molecule has 3 rings (SSSR count). The molecule has 0 aliphatic heterocycles. The molecule has 13 nitrogen and oxygen atoms in total. The van der Waals surface area contributed by atoms with Crippen LogP contribution >= 0.6 is 0 Å². The standard InChI is InChI=1S/C15H8N6O7S2/c16-5-10-11(6-17)19-15(18-10)21-20-13-9-4-8(29(23,24)25)2-1-7(9)3-12(14(13)22)30(26,27)28/h1-4,22H,(H,18,19)(H,23,24,25)(H,26,27,28)/b21-20+. The maximum absolute atomic E-state index is 11.6. The zero-order chi connectivity index (χ0) is 22.3. The molecule has 0 spiro atoms. The highest BCUT2D eigenvalue weighted by Crippen LogP contribution is 2.41. The van der Waals surface area contributed by atoms with Crippen LogP contribution in [0.3, 0.4) is 0 Å². The van der Waals surface area contributed by atoms with Gasteiger partial charge in [-0.3, -0.25) is 9.11 Å². The average molecular weight is 448 g/mol. The highest BCUT2D eigenvalue weighted by molar-refractivity contribution is 7.86. The monoisotopic (exact) mass is 448 g/mol. The van der Waals surface area contributed by atoms with Gasteiger partial charge in [0.1, 0.15) is 22.7 Å². The number of fused-ring (bicyclic) bond motifs is 1. The summed E-state index contributed by atoms with van der Waals surface area (Å²) in [6.07, 6.45) is 0. The Hall–Kier alpha value is -3.89. The van der Waals surface area contributed by atoms with Crippen LogP contribution in [-0.2, 0) is 20.2 Å². The fraction of sp³-hybridized carbons (Fsp3) is 0. The fourth-order valence-corrected chi connectivity index (χ4v) is 3.57. The molecule has 0 unspecified atom stereocenters. The minimum Gasteiger partial charge on any atom is -0.504 e. The lowest BCUT2D eigenvalue weighted by molar-refractivity contribution is 0.445. The Kier molecular flexibility index (Phi) is 4.98. The summed E-state index contributed by atoms with van der Waals surface area (Å²) in [5, 5.41) is 35.2. The van der Waals surface area contributed by atoms with E-state index in [0.717, 1.165) is 24.3 Å². The number of H-pyrrole nitrogens is 1. The first-order valence-corrected chi connectivity index (χ1v) is 10.4. The van der Waals surface area contributed by atoms with Gasteiger partial charge in [0.2, 0.25) is 5.95 Å². The number of imidazole rings is 1. The molecule has 0 atom stereocenters. The van der Waals surface area contributed by atoms with Gasteiger partial charge in [-0.15, -0.1) is 10.2 Å².